The Morgan fingerprint density at radius 3 is 2.79 bits per heavy atom. The second kappa shape index (κ2) is 9.06. The summed E-state index contributed by atoms with van der Waals surface area (Å²) in [5, 5.41) is 9.95. The molecule has 2 aromatic carbocycles. The van der Waals surface area contributed by atoms with Gasteiger partial charge in [-0.15, -0.1) is 0 Å². The van der Waals surface area contributed by atoms with E-state index in [1.54, 1.807) is 0 Å². The number of benzene rings is 2. The largest absolute Gasteiger partial charge is 0.493 e. The van der Waals surface area contributed by atoms with Crippen LogP contribution in [-0.4, -0.2) is 22.7 Å². The number of aromatic nitrogens is 1. The molecule has 148 valence electrons. The van der Waals surface area contributed by atoms with Crippen molar-refractivity contribution in [1.29, 1.82) is 0 Å². The van der Waals surface area contributed by atoms with Crippen LogP contribution in [-0.2, 0) is 11.2 Å². The number of hydrogen-bond donors (Lipinski definition) is 2. The van der Waals surface area contributed by atoms with E-state index in [-0.39, 0.29) is 5.92 Å². The zero-order valence-electron chi connectivity index (χ0n) is 16.3. The zero-order chi connectivity index (χ0) is 20.1. The standard InChI is InChI=1S/C22H26N2O3S/c1-3-5-10-27-19-9-6-14(11-15(4-2)21(25)26)12-17(19)16-7-8-18-20(13-16)28-22(23)24-18/h6-9,12-13,15H,3-5,10-11H2,1-2H3,(H2,23,24)(H,25,26). The van der Waals surface area contributed by atoms with E-state index in [1.165, 1.54) is 11.3 Å². The smallest absolute Gasteiger partial charge is 0.306 e. The normalized spacial score (nSPS) is 12.2. The van der Waals surface area contributed by atoms with Crippen molar-refractivity contribution in [2.24, 2.45) is 5.92 Å². The van der Waals surface area contributed by atoms with E-state index >= 15 is 0 Å². The van der Waals surface area contributed by atoms with Crippen LogP contribution in [0, 0.1) is 5.92 Å². The number of nitrogen functional groups attached to an aromatic ring is 1. The molecule has 0 spiro atoms. The summed E-state index contributed by atoms with van der Waals surface area (Å²) in [5.74, 6) is -0.324. The number of rotatable bonds is 9. The van der Waals surface area contributed by atoms with Gasteiger partial charge in [-0.05, 0) is 54.7 Å². The van der Waals surface area contributed by atoms with Crippen LogP contribution in [0.4, 0.5) is 5.13 Å². The second-order valence-electron chi connectivity index (χ2n) is 6.91. The van der Waals surface area contributed by atoms with Gasteiger partial charge in [-0.2, -0.15) is 0 Å². The van der Waals surface area contributed by atoms with Gasteiger partial charge < -0.3 is 15.6 Å². The molecule has 28 heavy (non-hydrogen) atoms. The molecule has 1 unspecified atom stereocenters. The molecule has 3 N–H and O–H groups in total. The van der Waals surface area contributed by atoms with Crippen molar-refractivity contribution >= 4 is 32.7 Å². The van der Waals surface area contributed by atoms with E-state index in [0.29, 0.717) is 24.6 Å². The van der Waals surface area contributed by atoms with E-state index in [4.69, 9.17) is 10.5 Å². The lowest BCUT2D eigenvalue weighted by Crippen LogP contribution is -2.15. The first-order chi connectivity index (χ1) is 13.5. The summed E-state index contributed by atoms with van der Waals surface area (Å²) in [4.78, 5) is 15.8. The molecule has 5 nitrogen and oxygen atoms in total. The molecule has 0 amide bonds. The molecule has 1 heterocycles. The minimum Gasteiger partial charge on any atom is -0.493 e. The zero-order valence-corrected chi connectivity index (χ0v) is 17.1. The van der Waals surface area contributed by atoms with Crippen molar-refractivity contribution < 1.29 is 14.6 Å². The predicted molar refractivity (Wildman–Crippen MR) is 115 cm³/mol. The first-order valence-corrected chi connectivity index (χ1v) is 10.5. The monoisotopic (exact) mass is 398 g/mol. The lowest BCUT2D eigenvalue weighted by molar-refractivity contribution is -0.141. The molecule has 6 heteroatoms. The number of carboxylic acid groups (broad SMARTS) is 1. The van der Waals surface area contributed by atoms with E-state index in [1.807, 2.05) is 31.2 Å². The highest BCUT2D eigenvalue weighted by Gasteiger charge is 2.17. The Bertz CT molecular complexity index is 968. The van der Waals surface area contributed by atoms with Gasteiger partial charge in [0.25, 0.3) is 0 Å². The molecule has 1 atom stereocenters. The van der Waals surface area contributed by atoms with Crippen LogP contribution >= 0.6 is 11.3 Å². The summed E-state index contributed by atoms with van der Waals surface area (Å²) < 4.78 is 7.05. The molecule has 0 aliphatic rings. The van der Waals surface area contributed by atoms with Crippen molar-refractivity contribution in [2.75, 3.05) is 12.3 Å². The fraction of sp³-hybridized carbons (Fsp3) is 0.364. The molecular weight excluding hydrogens is 372 g/mol. The average molecular weight is 399 g/mol. The van der Waals surface area contributed by atoms with Gasteiger partial charge in [-0.25, -0.2) is 4.98 Å². The number of unbranched alkanes of at least 4 members (excludes halogenated alkanes) is 1. The van der Waals surface area contributed by atoms with E-state index < -0.39 is 5.97 Å². The number of aliphatic carboxylic acids is 1. The topological polar surface area (TPSA) is 85.4 Å². The average Bonchev–Trinajstić information content (AvgIpc) is 3.05. The maximum Gasteiger partial charge on any atom is 0.306 e. The first kappa shape index (κ1) is 20.1. The highest BCUT2D eigenvalue weighted by atomic mass is 32.1. The number of carbonyl (C=O) groups is 1. The van der Waals surface area contributed by atoms with E-state index in [0.717, 1.165) is 45.5 Å². The van der Waals surface area contributed by atoms with Gasteiger partial charge in [0.1, 0.15) is 5.75 Å². The Balaban J connectivity index is 1.99. The van der Waals surface area contributed by atoms with Crippen LogP contribution in [0.2, 0.25) is 0 Å². The third kappa shape index (κ3) is 4.62. The maximum atomic E-state index is 11.4. The van der Waals surface area contributed by atoms with E-state index in [9.17, 15) is 9.90 Å². The van der Waals surface area contributed by atoms with Gasteiger partial charge in [-0.1, -0.05) is 43.7 Å². The number of ether oxygens (including phenoxy) is 1. The highest BCUT2D eigenvalue weighted by molar-refractivity contribution is 7.22. The Morgan fingerprint density at radius 1 is 1.25 bits per heavy atom. The van der Waals surface area contributed by atoms with Crippen LogP contribution in [0.3, 0.4) is 0 Å². The molecule has 0 saturated carbocycles. The predicted octanol–water partition coefficient (Wildman–Crippen LogP) is 5.38. The first-order valence-electron chi connectivity index (χ1n) is 9.66. The lowest BCUT2D eigenvalue weighted by Gasteiger charge is -2.15. The van der Waals surface area contributed by atoms with Gasteiger partial charge >= 0.3 is 5.97 Å². The SMILES string of the molecule is CCCCOc1ccc(CC(CC)C(=O)O)cc1-c1ccc2nc(N)sc2c1. The molecule has 1 aromatic heterocycles. The third-order valence-electron chi connectivity index (χ3n) is 4.84. The van der Waals surface area contributed by atoms with Crippen molar-refractivity contribution in [3.63, 3.8) is 0 Å². The number of fused-ring (bicyclic) bond motifs is 1. The summed E-state index contributed by atoms with van der Waals surface area (Å²) in [5.41, 5.74) is 9.71. The number of thiazole rings is 1. The number of nitrogens with zero attached hydrogens (tertiary/aromatic N) is 1. The molecule has 3 aromatic rings. The lowest BCUT2D eigenvalue weighted by atomic mass is 9.94. The molecule has 0 aliphatic heterocycles. The third-order valence-corrected chi connectivity index (χ3v) is 5.69. The van der Waals surface area contributed by atoms with Gasteiger partial charge in [-0.3, -0.25) is 4.79 Å². The van der Waals surface area contributed by atoms with Gasteiger partial charge in [0.15, 0.2) is 5.13 Å². The molecule has 0 bridgehead atoms. The molecule has 0 fully saturated rings. The van der Waals surface area contributed by atoms with Gasteiger partial charge in [0.2, 0.25) is 0 Å². The van der Waals surface area contributed by atoms with Crippen LogP contribution in [0.15, 0.2) is 36.4 Å². The van der Waals surface area contributed by atoms with Crippen LogP contribution in [0.1, 0.15) is 38.7 Å². The summed E-state index contributed by atoms with van der Waals surface area (Å²) in [6, 6.07) is 12.0. The summed E-state index contributed by atoms with van der Waals surface area (Å²) >= 11 is 1.46. The Kier molecular flexibility index (Phi) is 6.52. The van der Waals surface area contributed by atoms with Gasteiger partial charge in [0, 0.05) is 5.56 Å². The molecule has 0 saturated heterocycles. The van der Waals surface area contributed by atoms with Gasteiger partial charge in [0.05, 0.1) is 22.7 Å². The fourth-order valence-corrected chi connectivity index (χ4v) is 3.96. The number of nitrogens with two attached hydrogens (primary N) is 1. The summed E-state index contributed by atoms with van der Waals surface area (Å²) in [6.07, 6.45) is 3.16. The molecule has 3 rings (SSSR count). The number of hydrogen-bond acceptors (Lipinski definition) is 5. The molecule has 0 aliphatic carbocycles. The van der Waals surface area contributed by atoms with E-state index in [2.05, 4.69) is 24.0 Å². The van der Waals surface area contributed by atoms with Crippen molar-refractivity contribution in [1.82, 2.24) is 4.98 Å². The number of anilines is 1. The highest BCUT2D eigenvalue weighted by Crippen LogP contribution is 2.35. The molecular formula is C22H26N2O3S. The maximum absolute atomic E-state index is 11.4. The molecule has 0 radical (unpaired) electrons. The fourth-order valence-electron chi connectivity index (χ4n) is 3.18. The minimum atomic E-state index is -0.756. The Morgan fingerprint density at radius 2 is 2.07 bits per heavy atom. The number of carboxylic acids is 1. The summed E-state index contributed by atoms with van der Waals surface area (Å²) in [6.45, 7) is 4.70. The minimum absolute atomic E-state index is 0.386. The van der Waals surface area contributed by atoms with Crippen LogP contribution in [0.25, 0.3) is 21.3 Å². The van der Waals surface area contributed by atoms with Crippen molar-refractivity contribution in [3.8, 4) is 16.9 Å². The van der Waals surface area contributed by atoms with Crippen molar-refractivity contribution in [3.05, 3.63) is 42.0 Å². The summed E-state index contributed by atoms with van der Waals surface area (Å²) in [7, 11) is 0. The van der Waals surface area contributed by atoms with Crippen LogP contribution < -0.4 is 10.5 Å². The Labute approximate surface area is 169 Å². The second-order valence-corrected chi connectivity index (χ2v) is 7.98. The Hall–Kier alpha value is -2.60. The quantitative estimate of drug-likeness (QED) is 0.473. The van der Waals surface area contributed by atoms with Crippen LogP contribution in [0.5, 0.6) is 5.75 Å². The van der Waals surface area contributed by atoms with Crippen molar-refractivity contribution in [2.45, 2.75) is 39.5 Å².